The zero-order valence-corrected chi connectivity index (χ0v) is 20.3. The van der Waals surface area contributed by atoms with E-state index >= 15 is 0 Å². The number of nitrogens with zero attached hydrogens (tertiary/aromatic N) is 3. The number of sulfone groups is 1. The molecule has 1 saturated carbocycles. The van der Waals surface area contributed by atoms with Gasteiger partial charge < -0.3 is 14.8 Å². The molecule has 0 bridgehead atoms. The second-order valence-corrected chi connectivity index (χ2v) is 11.3. The molecule has 2 fully saturated rings. The van der Waals surface area contributed by atoms with E-state index in [4.69, 9.17) is 14.5 Å². The lowest BCUT2D eigenvalue weighted by molar-refractivity contribution is 0.0952. The van der Waals surface area contributed by atoms with Crippen LogP contribution in [0.25, 0.3) is 11.0 Å². The van der Waals surface area contributed by atoms with Crippen molar-refractivity contribution < 1.29 is 22.7 Å². The van der Waals surface area contributed by atoms with E-state index < -0.39 is 9.84 Å². The Hall–Kier alpha value is -3.14. The zero-order valence-electron chi connectivity index (χ0n) is 19.5. The van der Waals surface area contributed by atoms with Crippen LogP contribution in [0, 0.1) is 6.92 Å². The van der Waals surface area contributed by atoms with E-state index in [9.17, 15) is 13.2 Å². The Labute approximate surface area is 198 Å². The maximum absolute atomic E-state index is 13.4. The fourth-order valence-electron chi connectivity index (χ4n) is 4.59. The number of nitrogens with one attached hydrogen (secondary N) is 1. The molecule has 0 radical (unpaired) electrons. The van der Waals surface area contributed by atoms with Crippen molar-refractivity contribution in [2.45, 2.75) is 44.7 Å². The standard InChI is InChI=1S/C24H28N4O5S/c1-14-22-18(24(29)25-12-15-4-7-20(32-2)21(10-15)33-3)11-19(16-5-6-16)26-23(22)28(27-14)17-8-9-34(30,31)13-17/h4,7,10-11,16-17H,5-6,8-9,12-13H2,1-3H3,(H,25,29). The second kappa shape index (κ2) is 8.57. The summed E-state index contributed by atoms with van der Waals surface area (Å²) in [5.41, 5.74) is 3.54. The smallest absolute Gasteiger partial charge is 0.252 e. The van der Waals surface area contributed by atoms with E-state index in [1.165, 1.54) is 0 Å². The van der Waals surface area contributed by atoms with Crippen molar-refractivity contribution in [2.24, 2.45) is 0 Å². The van der Waals surface area contributed by atoms with Gasteiger partial charge in [0.2, 0.25) is 0 Å². The monoisotopic (exact) mass is 484 g/mol. The largest absolute Gasteiger partial charge is 0.493 e. The van der Waals surface area contributed by atoms with Crippen molar-refractivity contribution in [3.05, 3.63) is 46.8 Å². The number of hydrogen-bond donors (Lipinski definition) is 1. The molecule has 5 rings (SSSR count). The van der Waals surface area contributed by atoms with Gasteiger partial charge in [-0.1, -0.05) is 6.07 Å². The summed E-state index contributed by atoms with van der Waals surface area (Å²) in [7, 11) is 0.0703. The summed E-state index contributed by atoms with van der Waals surface area (Å²) in [6.45, 7) is 2.15. The fourth-order valence-corrected chi connectivity index (χ4v) is 6.28. The van der Waals surface area contributed by atoms with Gasteiger partial charge in [0.15, 0.2) is 27.0 Å². The van der Waals surface area contributed by atoms with Crippen molar-refractivity contribution in [2.75, 3.05) is 25.7 Å². The number of benzene rings is 1. The first kappa shape index (κ1) is 22.6. The van der Waals surface area contributed by atoms with Gasteiger partial charge in [-0.2, -0.15) is 5.10 Å². The molecular weight excluding hydrogens is 456 g/mol. The third kappa shape index (κ3) is 4.22. The van der Waals surface area contributed by atoms with Crippen molar-refractivity contribution >= 4 is 26.8 Å². The van der Waals surface area contributed by atoms with E-state index in [2.05, 4.69) is 10.4 Å². The molecule has 10 heteroatoms. The summed E-state index contributed by atoms with van der Waals surface area (Å²) in [6.07, 6.45) is 2.58. The molecule has 180 valence electrons. The van der Waals surface area contributed by atoms with Crippen LogP contribution < -0.4 is 14.8 Å². The van der Waals surface area contributed by atoms with Crippen LogP contribution in [-0.4, -0.2) is 54.8 Å². The normalized spacial score (nSPS) is 19.3. The summed E-state index contributed by atoms with van der Waals surface area (Å²) in [4.78, 5) is 18.2. The molecule has 1 aliphatic heterocycles. The zero-order chi connectivity index (χ0) is 24.0. The third-order valence-electron chi connectivity index (χ3n) is 6.55. The van der Waals surface area contributed by atoms with Crippen LogP contribution in [0.3, 0.4) is 0 Å². The highest BCUT2D eigenvalue weighted by atomic mass is 32.2. The molecular formula is C24H28N4O5S. The number of aromatic nitrogens is 3. The van der Waals surface area contributed by atoms with Crippen LogP contribution in [0.1, 0.15) is 58.5 Å². The van der Waals surface area contributed by atoms with Crippen molar-refractivity contribution in [1.82, 2.24) is 20.1 Å². The molecule has 34 heavy (non-hydrogen) atoms. The summed E-state index contributed by atoms with van der Waals surface area (Å²) in [5.74, 6) is 1.54. The molecule has 1 N–H and O–H groups in total. The minimum Gasteiger partial charge on any atom is -0.493 e. The number of pyridine rings is 1. The Morgan fingerprint density at radius 3 is 2.56 bits per heavy atom. The van der Waals surface area contributed by atoms with E-state index in [1.54, 1.807) is 25.0 Å². The number of fused-ring (bicyclic) bond motifs is 1. The Morgan fingerprint density at radius 1 is 1.15 bits per heavy atom. The average molecular weight is 485 g/mol. The molecule has 9 nitrogen and oxygen atoms in total. The molecule has 1 amide bonds. The maximum atomic E-state index is 13.4. The number of carbonyl (C=O) groups is 1. The van der Waals surface area contributed by atoms with Gasteiger partial charge in [-0.3, -0.25) is 4.79 Å². The number of methoxy groups -OCH3 is 2. The highest BCUT2D eigenvalue weighted by Crippen LogP contribution is 2.41. The maximum Gasteiger partial charge on any atom is 0.252 e. The van der Waals surface area contributed by atoms with Crippen LogP contribution in [0.15, 0.2) is 24.3 Å². The predicted octanol–water partition coefficient (Wildman–Crippen LogP) is 2.92. The average Bonchev–Trinajstić information content (AvgIpc) is 3.55. The van der Waals surface area contributed by atoms with Crippen LogP contribution in [0.4, 0.5) is 0 Å². The van der Waals surface area contributed by atoms with Crippen molar-refractivity contribution in [3.8, 4) is 11.5 Å². The Balaban J connectivity index is 1.48. The lowest BCUT2D eigenvalue weighted by Crippen LogP contribution is -2.23. The summed E-state index contributed by atoms with van der Waals surface area (Å²) in [5, 5.41) is 8.33. The van der Waals surface area contributed by atoms with Crippen molar-refractivity contribution in [1.29, 1.82) is 0 Å². The Morgan fingerprint density at radius 2 is 1.91 bits per heavy atom. The summed E-state index contributed by atoms with van der Waals surface area (Å²) >= 11 is 0. The van der Waals surface area contributed by atoms with E-state index in [-0.39, 0.29) is 23.5 Å². The quantitative estimate of drug-likeness (QED) is 0.549. The molecule has 3 aromatic rings. The van der Waals surface area contributed by atoms with Gasteiger partial charge in [-0.25, -0.2) is 18.1 Å². The highest BCUT2D eigenvalue weighted by molar-refractivity contribution is 7.91. The Kier molecular flexibility index (Phi) is 5.71. The fraction of sp³-hybridized carbons (Fsp3) is 0.458. The van der Waals surface area contributed by atoms with Gasteiger partial charge in [-0.05, 0) is 49.9 Å². The van der Waals surface area contributed by atoms with Gasteiger partial charge in [-0.15, -0.1) is 0 Å². The van der Waals surface area contributed by atoms with Gasteiger partial charge >= 0.3 is 0 Å². The van der Waals surface area contributed by atoms with Gasteiger partial charge in [0, 0.05) is 18.2 Å². The first-order chi connectivity index (χ1) is 16.3. The van der Waals surface area contributed by atoms with Crippen LogP contribution in [0.2, 0.25) is 0 Å². The number of aryl methyl sites for hydroxylation is 1. The number of amides is 1. The van der Waals surface area contributed by atoms with Gasteiger partial charge in [0.1, 0.15) is 0 Å². The topological polar surface area (TPSA) is 112 Å². The van der Waals surface area contributed by atoms with Gasteiger partial charge in [0.25, 0.3) is 5.91 Å². The first-order valence-corrected chi connectivity index (χ1v) is 13.2. The summed E-state index contributed by atoms with van der Waals surface area (Å²) < 4.78 is 36.5. The first-order valence-electron chi connectivity index (χ1n) is 11.4. The third-order valence-corrected chi connectivity index (χ3v) is 8.30. The summed E-state index contributed by atoms with van der Waals surface area (Å²) in [6, 6.07) is 7.13. The second-order valence-electron chi connectivity index (χ2n) is 9.03. The van der Waals surface area contributed by atoms with Crippen LogP contribution in [-0.2, 0) is 16.4 Å². The molecule has 2 aromatic heterocycles. The van der Waals surface area contributed by atoms with Crippen LogP contribution in [0.5, 0.6) is 11.5 Å². The molecule has 2 aliphatic rings. The van der Waals surface area contributed by atoms with E-state index in [0.29, 0.717) is 52.7 Å². The predicted molar refractivity (Wildman–Crippen MR) is 127 cm³/mol. The molecule has 3 heterocycles. The molecule has 1 atom stereocenters. The van der Waals surface area contributed by atoms with Crippen molar-refractivity contribution in [3.63, 3.8) is 0 Å². The molecule has 1 aliphatic carbocycles. The Bertz CT molecular complexity index is 1380. The molecule has 1 saturated heterocycles. The number of hydrogen-bond acceptors (Lipinski definition) is 7. The molecule has 1 aromatic carbocycles. The minimum absolute atomic E-state index is 0.0549. The lowest BCUT2D eigenvalue weighted by Gasteiger charge is -2.13. The highest BCUT2D eigenvalue weighted by Gasteiger charge is 2.34. The number of ether oxygens (including phenoxy) is 2. The molecule has 1 unspecified atom stereocenters. The van der Waals surface area contributed by atoms with Gasteiger partial charge in [0.05, 0.1) is 48.4 Å². The van der Waals surface area contributed by atoms with Crippen LogP contribution >= 0.6 is 0 Å². The van der Waals surface area contributed by atoms with E-state index in [0.717, 1.165) is 24.1 Å². The SMILES string of the molecule is COc1ccc(CNC(=O)c2cc(C3CC3)nc3c2c(C)nn3C2CCS(=O)(=O)C2)cc1OC. The van der Waals surface area contributed by atoms with E-state index in [1.807, 2.05) is 25.1 Å². The number of rotatable bonds is 7. The lowest BCUT2D eigenvalue weighted by atomic mass is 10.1. The number of carbonyl (C=O) groups excluding carboxylic acids is 1. The molecule has 0 spiro atoms. The minimum atomic E-state index is -3.08.